The lowest BCUT2D eigenvalue weighted by molar-refractivity contribution is 0.0514. The van der Waals surface area contributed by atoms with E-state index < -0.39 is 5.97 Å². The van der Waals surface area contributed by atoms with Crippen LogP contribution in [-0.2, 0) is 11.3 Å². The Bertz CT molecular complexity index is 886. The van der Waals surface area contributed by atoms with E-state index in [4.69, 9.17) is 4.74 Å². The Morgan fingerprint density at radius 2 is 2.04 bits per heavy atom. The van der Waals surface area contributed by atoms with Crippen LogP contribution in [0.4, 0.5) is 5.82 Å². The number of imidazole rings is 1. The first-order chi connectivity index (χ1) is 12.6. The Labute approximate surface area is 163 Å². The van der Waals surface area contributed by atoms with Crippen molar-refractivity contribution in [2.24, 2.45) is 0 Å². The third kappa shape index (κ3) is 4.00. The molecule has 1 amide bonds. The number of carbonyl (C=O) groups excluding carboxylic acids is 2. The average molecular weight is 408 g/mol. The Balaban J connectivity index is 2.00. The molecule has 0 fully saturated rings. The molecule has 0 aliphatic heterocycles. The molecule has 1 N–H and O–H groups in total. The summed E-state index contributed by atoms with van der Waals surface area (Å²) in [5.74, 6) is -0.569. The molecular formula is C17H17N3O3S3. The number of nitrogens with one attached hydrogen (secondary N) is 1. The van der Waals surface area contributed by atoms with Crippen molar-refractivity contribution in [2.45, 2.75) is 18.6 Å². The molecule has 26 heavy (non-hydrogen) atoms. The number of aromatic nitrogens is 2. The van der Waals surface area contributed by atoms with Gasteiger partial charge in [0.2, 0.25) is 0 Å². The third-order valence-electron chi connectivity index (χ3n) is 3.45. The van der Waals surface area contributed by atoms with E-state index in [1.807, 2.05) is 29.1 Å². The zero-order valence-electron chi connectivity index (χ0n) is 14.2. The maximum absolute atomic E-state index is 12.6. The van der Waals surface area contributed by atoms with Gasteiger partial charge in [0, 0.05) is 4.88 Å². The minimum Gasteiger partial charge on any atom is -0.461 e. The van der Waals surface area contributed by atoms with E-state index in [0.29, 0.717) is 16.6 Å². The van der Waals surface area contributed by atoms with Crippen molar-refractivity contribution in [2.75, 3.05) is 18.2 Å². The summed E-state index contributed by atoms with van der Waals surface area (Å²) in [6, 6.07) is 7.48. The first kappa shape index (κ1) is 18.7. The van der Waals surface area contributed by atoms with Crippen LogP contribution < -0.4 is 5.32 Å². The fourth-order valence-corrected chi connectivity index (χ4v) is 4.23. The molecule has 0 bridgehead atoms. The van der Waals surface area contributed by atoms with E-state index in [0.717, 1.165) is 4.88 Å². The van der Waals surface area contributed by atoms with Gasteiger partial charge in [-0.25, -0.2) is 9.78 Å². The van der Waals surface area contributed by atoms with E-state index in [-0.39, 0.29) is 24.0 Å². The number of amides is 1. The van der Waals surface area contributed by atoms with E-state index >= 15 is 0 Å². The van der Waals surface area contributed by atoms with E-state index in [1.165, 1.54) is 23.1 Å². The van der Waals surface area contributed by atoms with Crippen LogP contribution in [0.5, 0.6) is 0 Å². The van der Waals surface area contributed by atoms with Gasteiger partial charge >= 0.3 is 5.97 Å². The van der Waals surface area contributed by atoms with E-state index in [9.17, 15) is 9.59 Å². The topological polar surface area (TPSA) is 73.2 Å². The van der Waals surface area contributed by atoms with Crippen LogP contribution in [0.15, 0.2) is 40.2 Å². The molecule has 0 aliphatic carbocycles. The van der Waals surface area contributed by atoms with E-state index in [2.05, 4.69) is 10.3 Å². The second-order valence-electron chi connectivity index (χ2n) is 5.11. The van der Waals surface area contributed by atoms with Crippen LogP contribution in [0.2, 0.25) is 0 Å². The number of anilines is 1. The standard InChI is InChI=1S/C17H17N3O3S3/c1-3-23-16(22)13-14(18-15(21)12-7-5-9-26-12)19-17(24-2)20(13)10-11-6-4-8-25-11/h4-9H,3,10H2,1-2H3,(H,18,21). The summed E-state index contributed by atoms with van der Waals surface area (Å²) in [4.78, 5) is 31.1. The quantitative estimate of drug-likeness (QED) is 0.469. The number of nitrogens with zero attached hydrogens (tertiary/aromatic N) is 2. The Morgan fingerprint density at radius 1 is 1.27 bits per heavy atom. The molecule has 0 saturated carbocycles. The summed E-state index contributed by atoms with van der Waals surface area (Å²) in [5, 5.41) is 7.20. The molecule has 9 heteroatoms. The summed E-state index contributed by atoms with van der Waals surface area (Å²) in [6.45, 7) is 2.48. The SMILES string of the molecule is CCOC(=O)c1c(NC(=O)c2cccs2)nc(SC)n1Cc1cccs1. The molecule has 0 aliphatic rings. The van der Waals surface area contributed by atoms with Crippen molar-refractivity contribution in [3.8, 4) is 0 Å². The van der Waals surface area contributed by atoms with Gasteiger partial charge in [-0.1, -0.05) is 23.9 Å². The molecule has 0 saturated heterocycles. The number of hydrogen-bond donors (Lipinski definition) is 1. The third-order valence-corrected chi connectivity index (χ3v) is 5.86. The van der Waals surface area contributed by atoms with Crippen molar-refractivity contribution in [1.29, 1.82) is 0 Å². The molecule has 0 atom stereocenters. The van der Waals surface area contributed by atoms with Gasteiger partial charge in [0.25, 0.3) is 5.91 Å². The lowest BCUT2D eigenvalue weighted by atomic mass is 10.3. The highest BCUT2D eigenvalue weighted by molar-refractivity contribution is 7.98. The van der Waals surface area contributed by atoms with Crippen LogP contribution in [0.25, 0.3) is 0 Å². The fourth-order valence-electron chi connectivity index (χ4n) is 2.36. The van der Waals surface area contributed by atoms with Gasteiger partial charge in [0.05, 0.1) is 18.0 Å². The van der Waals surface area contributed by atoms with Crippen molar-refractivity contribution in [3.05, 3.63) is 50.5 Å². The van der Waals surface area contributed by atoms with Crippen LogP contribution >= 0.6 is 34.4 Å². The maximum Gasteiger partial charge on any atom is 0.358 e. The van der Waals surface area contributed by atoms with Crippen molar-refractivity contribution < 1.29 is 14.3 Å². The van der Waals surface area contributed by atoms with Gasteiger partial charge < -0.3 is 14.6 Å². The predicted molar refractivity (Wildman–Crippen MR) is 106 cm³/mol. The van der Waals surface area contributed by atoms with Gasteiger partial charge in [-0.05, 0) is 36.1 Å². The summed E-state index contributed by atoms with van der Waals surface area (Å²) in [6.07, 6.45) is 1.88. The number of thiophene rings is 2. The molecule has 3 aromatic rings. The number of carbonyl (C=O) groups is 2. The first-order valence-electron chi connectivity index (χ1n) is 7.83. The lowest BCUT2D eigenvalue weighted by Gasteiger charge is -2.10. The molecule has 3 rings (SSSR count). The number of rotatable bonds is 7. The number of esters is 1. The van der Waals surface area contributed by atoms with Gasteiger partial charge in [-0.2, -0.15) is 0 Å². The molecule has 3 aromatic heterocycles. The van der Waals surface area contributed by atoms with Gasteiger partial charge in [-0.15, -0.1) is 22.7 Å². The van der Waals surface area contributed by atoms with Gasteiger partial charge in [-0.3, -0.25) is 4.79 Å². The zero-order valence-corrected chi connectivity index (χ0v) is 16.7. The number of ether oxygens (including phenoxy) is 1. The van der Waals surface area contributed by atoms with Crippen LogP contribution in [-0.4, -0.2) is 34.3 Å². The van der Waals surface area contributed by atoms with Crippen molar-refractivity contribution in [3.63, 3.8) is 0 Å². The minimum atomic E-state index is -0.502. The average Bonchev–Trinajstić information content (AvgIpc) is 3.36. The molecule has 0 aromatic carbocycles. The Hall–Kier alpha value is -2.10. The van der Waals surface area contributed by atoms with Crippen molar-refractivity contribution in [1.82, 2.24) is 9.55 Å². The highest BCUT2D eigenvalue weighted by Gasteiger charge is 2.26. The summed E-state index contributed by atoms with van der Waals surface area (Å²) >= 11 is 4.34. The minimum absolute atomic E-state index is 0.225. The lowest BCUT2D eigenvalue weighted by Crippen LogP contribution is -2.18. The number of hydrogen-bond acceptors (Lipinski definition) is 7. The number of thioether (sulfide) groups is 1. The zero-order chi connectivity index (χ0) is 18.5. The monoisotopic (exact) mass is 407 g/mol. The molecule has 0 unspecified atom stereocenters. The van der Waals surface area contributed by atoms with Gasteiger partial charge in [0.1, 0.15) is 0 Å². The van der Waals surface area contributed by atoms with Crippen LogP contribution in [0.3, 0.4) is 0 Å². The predicted octanol–water partition coefficient (Wildman–Crippen LogP) is 4.21. The second-order valence-corrected chi connectivity index (χ2v) is 7.87. The Kier molecular flexibility index (Phi) is 6.12. The smallest absolute Gasteiger partial charge is 0.358 e. The van der Waals surface area contributed by atoms with Crippen LogP contribution in [0, 0.1) is 0 Å². The largest absolute Gasteiger partial charge is 0.461 e. The normalized spacial score (nSPS) is 10.7. The highest BCUT2D eigenvalue weighted by Crippen LogP contribution is 2.27. The molecule has 3 heterocycles. The maximum atomic E-state index is 12.6. The summed E-state index contributed by atoms with van der Waals surface area (Å²) in [7, 11) is 0. The fraction of sp³-hybridized carbons (Fsp3) is 0.235. The molecule has 136 valence electrons. The van der Waals surface area contributed by atoms with Crippen LogP contribution in [0.1, 0.15) is 32.0 Å². The van der Waals surface area contributed by atoms with Gasteiger partial charge in [0.15, 0.2) is 16.7 Å². The second kappa shape index (κ2) is 8.52. The Morgan fingerprint density at radius 3 is 2.65 bits per heavy atom. The molecular weight excluding hydrogens is 390 g/mol. The highest BCUT2D eigenvalue weighted by atomic mass is 32.2. The van der Waals surface area contributed by atoms with E-state index in [1.54, 1.807) is 35.0 Å². The summed E-state index contributed by atoms with van der Waals surface area (Å²) < 4.78 is 6.99. The molecule has 0 spiro atoms. The summed E-state index contributed by atoms with van der Waals surface area (Å²) in [5.41, 5.74) is 0.259. The first-order valence-corrected chi connectivity index (χ1v) is 10.8. The molecule has 0 radical (unpaired) electrons. The van der Waals surface area contributed by atoms with Crippen molar-refractivity contribution >= 4 is 52.1 Å². The molecule has 6 nitrogen and oxygen atoms in total.